The Bertz CT molecular complexity index is 599. The van der Waals surface area contributed by atoms with E-state index in [-0.39, 0.29) is 0 Å². The maximum atomic E-state index is 9.21. The van der Waals surface area contributed by atoms with Gasteiger partial charge in [0.1, 0.15) is 11.8 Å². The smallest absolute Gasteiger partial charge is 0.184 e. The monoisotopic (exact) mass is 265 g/mol. The van der Waals surface area contributed by atoms with E-state index in [0.717, 1.165) is 12.2 Å². The van der Waals surface area contributed by atoms with Gasteiger partial charge in [-0.3, -0.25) is 0 Å². The van der Waals surface area contributed by atoms with E-state index in [1.54, 1.807) is 0 Å². The lowest BCUT2D eigenvalue weighted by Gasteiger charge is -2.13. The SMILES string of the molecule is Cc1ccc(OC(C#N)CCc2ccccc2)cc1C. The number of rotatable bonds is 5. The number of hydrogen-bond acceptors (Lipinski definition) is 2. The molecule has 0 aliphatic carbocycles. The van der Waals surface area contributed by atoms with Gasteiger partial charge in [-0.05, 0) is 49.1 Å². The Morgan fingerprint density at radius 2 is 1.80 bits per heavy atom. The lowest BCUT2D eigenvalue weighted by molar-refractivity contribution is 0.245. The van der Waals surface area contributed by atoms with Gasteiger partial charge in [-0.2, -0.15) is 5.26 Å². The van der Waals surface area contributed by atoms with Gasteiger partial charge < -0.3 is 4.74 Å². The third-order valence-electron chi connectivity index (χ3n) is 3.44. The highest BCUT2D eigenvalue weighted by molar-refractivity contribution is 5.34. The first-order valence-electron chi connectivity index (χ1n) is 6.86. The Morgan fingerprint density at radius 1 is 1.05 bits per heavy atom. The zero-order valence-corrected chi connectivity index (χ0v) is 12.0. The van der Waals surface area contributed by atoms with Crippen LogP contribution in [0.3, 0.4) is 0 Å². The van der Waals surface area contributed by atoms with Gasteiger partial charge in [0, 0.05) is 6.42 Å². The zero-order valence-electron chi connectivity index (χ0n) is 12.0. The number of hydrogen-bond donors (Lipinski definition) is 0. The summed E-state index contributed by atoms with van der Waals surface area (Å²) >= 11 is 0. The summed E-state index contributed by atoms with van der Waals surface area (Å²) in [6.45, 7) is 4.11. The van der Waals surface area contributed by atoms with Gasteiger partial charge in [0.2, 0.25) is 0 Å². The molecule has 0 saturated carbocycles. The fourth-order valence-electron chi connectivity index (χ4n) is 2.04. The van der Waals surface area contributed by atoms with Crippen LogP contribution < -0.4 is 4.74 Å². The molecule has 0 aromatic heterocycles. The molecule has 2 aromatic rings. The first-order valence-corrected chi connectivity index (χ1v) is 6.86. The molecule has 0 aliphatic rings. The summed E-state index contributed by atoms with van der Waals surface area (Å²) in [6.07, 6.45) is 1.15. The van der Waals surface area contributed by atoms with E-state index in [1.807, 2.05) is 43.3 Å². The molecule has 2 nitrogen and oxygen atoms in total. The molecule has 0 heterocycles. The summed E-state index contributed by atoms with van der Waals surface area (Å²) in [6, 6.07) is 18.3. The van der Waals surface area contributed by atoms with Crippen LogP contribution in [0.2, 0.25) is 0 Å². The van der Waals surface area contributed by atoms with Crippen LogP contribution in [0.1, 0.15) is 23.1 Å². The Labute approximate surface area is 120 Å². The van der Waals surface area contributed by atoms with Crippen molar-refractivity contribution >= 4 is 0 Å². The predicted molar refractivity (Wildman–Crippen MR) is 80.7 cm³/mol. The Balaban J connectivity index is 1.95. The highest BCUT2D eigenvalue weighted by Gasteiger charge is 2.10. The molecule has 0 amide bonds. The number of benzene rings is 2. The molecule has 0 N–H and O–H groups in total. The van der Waals surface area contributed by atoms with Crippen molar-refractivity contribution in [3.8, 4) is 11.8 Å². The summed E-state index contributed by atoms with van der Waals surface area (Å²) in [5, 5.41) is 9.21. The lowest BCUT2D eigenvalue weighted by atomic mass is 10.1. The van der Waals surface area contributed by atoms with Crippen LogP contribution >= 0.6 is 0 Å². The van der Waals surface area contributed by atoms with Crippen molar-refractivity contribution in [2.45, 2.75) is 32.8 Å². The highest BCUT2D eigenvalue weighted by Crippen LogP contribution is 2.19. The van der Waals surface area contributed by atoms with Crippen LogP contribution in [0.25, 0.3) is 0 Å². The summed E-state index contributed by atoms with van der Waals surface area (Å²) in [5.41, 5.74) is 3.65. The topological polar surface area (TPSA) is 33.0 Å². The van der Waals surface area contributed by atoms with E-state index in [4.69, 9.17) is 4.74 Å². The molecule has 0 spiro atoms. The predicted octanol–water partition coefficient (Wildman–Crippen LogP) is 4.21. The molecule has 0 aliphatic heterocycles. The van der Waals surface area contributed by atoms with Gasteiger partial charge in [-0.1, -0.05) is 36.4 Å². The first-order chi connectivity index (χ1) is 9.69. The van der Waals surface area contributed by atoms with Crippen molar-refractivity contribution in [2.24, 2.45) is 0 Å². The van der Waals surface area contributed by atoms with Gasteiger partial charge in [0.15, 0.2) is 6.10 Å². The molecule has 20 heavy (non-hydrogen) atoms. The maximum Gasteiger partial charge on any atom is 0.184 e. The minimum absolute atomic E-state index is 0.405. The molecule has 0 bridgehead atoms. The number of nitriles is 1. The van der Waals surface area contributed by atoms with E-state index in [0.29, 0.717) is 6.42 Å². The lowest BCUT2D eigenvalue weighted by Crippen LogP contribution is -2.15. The molecule has 2 heteroatoms. The Morgan fingerprint density at radius 3 is 2.45 bits per heavy atom. The van der Waals surface area contributed by atoms with Gasteiger partial charge in [0.25, 0.3) is 0 Å². The number of ether oxygens (including phenoxy) is 1. The summed E-state index contributed by atoms with van der Waals surface area (Å²) in [4.78, 5) is 0. The second kappa shape index (κ2) is 6.77. The van der Waals surface area contributed by atoms with Crippen LogP contribution in [0.5, 0.6) is 5.75 Å². The summed E-state index contributed by atoms with van der Waals surface area (Å²) in [7, 11) is 0. The van der Waals surface area contributed by atoms with Crippen LogP contribution in [0, 0.1) is 25.2 Å². The van der Waals surface area contributed by atoms with Crippen LogP contribution in [-0.2, 0) is 6.42 Å². The molecule has 0 fully saturated rings. The van der Waals surface area contributed by atoms with E-state index in [9.17, 15) is 5.26 Å². The van der Waals surface area contributed by atoms with Gasteiger partial charge in [0.05, 0.1) is 0 Å². The van der Waals surface area contributed by atoms with Crippen molar-refractivity contribution in [1.29, 1.82) is 5.26 Å². The number of nitrogens with zero attached hydrogens (tertiary/aromatic N) is 1. The van der Waals surface area contributed by atoms with Crippen molar-refractivity contribution in [2.75, 3.05) is 0 Å². The molecule has 0 saturated heterocycles. The van der Waals surface area contributed by atoms with Crippen molar-refractivity contribution < 1.29 is 4.74 Å². The van der Waals surface area contributed by atoms with E-state index >= 15 is 0 Å². The summed E-state index contributed by atoms with van der Waals surface area (Å²) in [5.74, 6) is 0.771. The largest absolute Gasteiger partial charge is 0.476 e. The maximum absolute atomic E-state index is 9.21. The molecule has 1 unspecified atom stereocenters. The van der Waals surface area contributed by atoms with Gasteiger partial charge >= 0.3 is 0 Å². The Kier molecular flexibility index (Phi) is 4.79. The van der Waals surface area contributed by atoms with E-state index in [2.05, 4.69) is 25.1 Å². The fourth-order valence-corrected chi connectivity index (χ4v) is 2.04. The average molecular weight is 265 g/mol. The third-order valence-corrected chi connectivity index (χ3v) is 3.44. The highest BCUT2D eigenvalue weighted by atomic mass is 16.5. The van der Waals surface area contributed by atoms with Crippen LogP contribution in [-0.4, -0.2) is 6.10 Å². The summed E-state index contributed by atoms with van der Waals surface area (Å²) < 4.78 is 5.76. The molecular weight excluding hydrogens is 246 g/mol. The van der Waals surface area contributed by atoms with Crippen molar-refractivity contribution in [1.82, 2.24) is 0 Å². The van der Waals surface area contributed by atoms with Crippen molar-refractivity contribution in [3.05, 3.63) is 65.2 Å². The Hall–Kier alpha value is -2.27. The van der Waals surface area contributed by atoms with Crippen molar-refractivity contribution in [3.63, 3.8) is 0 Å². The van der Waals surface area contributed by atoms with Gasteiger partial charge in [-0.25, -0.2) is 0 Å². The second-order valence-electron chi connectivity index (χ2n) is 5.01. The van der Waals surface area contributed by atoms with Crippen LogP contribution in [0.4, 0.5) is 0 Å². The van der Waals surface area contributed by atoms with Crippen LogP contribution in [0.15, 0.2) is 48.5 Å². The molecular formula is C18H19NO. The molecule has 2 aromatic carbocycles. The molecule has 0 radical (unpaired) electrons. The number of aryl methyl sites for hydroxylation is 3. The molecule has 102 valence electrons. The molecule has 2 rings (SSSR count). The zero-order chi connectivity index (χ0) is 14.4. The standard InChI is InChI=1S/C18H19NO/c1-14-8-10-17(12-15(14)2)20-18(13-19)11-9-16-6-4-3-5-7-16/h3-8,10,12,18H,9,11H2,1-2H3. The van der Waals surface area contributed by atoms with E-state index < -0.39 is 6.10 Å². The quantitative estimate of drug-likeness (QED) is 0.811. The minimum Gasteiger partial charge on any atom is -0.476 e. The fraction of sp³-hybridized carbons (Fsp3) is 0.278. The average Bonchev–Trinajstić information content (AvgIpc) is 2.48. The normalized spacial score (nSPS) is 11.7. The minimum atomic E-state index is -0.405. The van der Waals surface area contributed by atoms with E-state index in [1.165, 1.54) is 16.7 Å². The van der Waals surface area contributed by atoms with Gasteiger partial charge in [-0.15, -0.1) is 0 Å². The third kappa shape index (κ3) is 3.86. The first kappa shape index (κ1) is 14.1. The molecule has 1 atom stereocenters. The second-order valence-corrected chi connectivity index (χ2v) is 5.01.